The lowest BCUT2D eigenvalue weighted by atomic mass is 10.2. The Morgan fingerprint density at radius 1 is 0.640 bits per heavy atom. The van der Waals surface area contributed by atoms with Crippen molar-refractivity contribution in [2.24, 2.45) is 0 Å². The van der Waals surface area contributed by atoms with Gasteiger partial charge in [0, 0.05) is 28.8 Å². The minimum Gasteiger partial charge on any atom is -0.381 e. The molecule has 0 atom stereocenters. The summed E-state index contributed by atoms with van der Waals surface area (Å²) < 4.78 is 0. The lowest BCUT2D eigenvalue weighted by Crippen LogP contribution is -2.02. The molecule has 128 valence electrons. The van der Waals surface area contributed by atoms with Crippen LogP contribution in [0.1, 0.15) is 11.1 Å². The molecule has 0 saturated heterocycles. The molecule has 0 spiro atoms. The van der Waals surface area contributed by atoms with Gasteiger partial charge in [-0.3, -0.25) is 0 Å². The third-order valence-corrected chi connectivity index (χ3v) is 4.51. The van der Waals surface area contributed by atoms with E-state index in [2.05, 4.69) is 10.6 Å². The number of nitrogens with one attached hydrogen (secondary N) is 2. The Balaban J connectivity index is 1.60. The van der Waals surface area contributed by atoms with Gasteiger partial charge in [0.15, 0.2) is 0 Å². The van der Waals surface area contributed by atoms with E-state index in [0.29, 0.717) is 18.1 Å². The van der Waals surface area contributed by atoms with Crippen LogP contribution in [0.15, 0.2) is 66.7 Å². The van der Waals surface area contributed by atoms with Crippen LogP contribution < -0.4 is 10.6 Å². The van der Waals surface area contributed by atoms with Gasteiger partial charge in [-0.1, -0.05) is 59.1 Å². The van der Waals surface area contributed by atoms with Gasteiger partial charge in [0.25, 0.3) is 0 Å². The molecule has 0 amide bonds. The van der Waals surface area contributed by atoms with E-state index in [1.165, 1.54) is 0 Å². The first-order chi connectivity index (χ1) is 12.1. The van der Waals surface area contributed by atoms with Gasteiger partial charge in [0.1, 0.15) is 0 Å². The molecule has 0 bridgehead atoms. The predicted octanol–water partition coefficient (Wildman–Crippen LogP) is 6.87. The van der Waals surface area contributed by atoms with Crippen LogP contribution in [0.4, 0.5) is 11.4 Å². The van der Waals surface area contributed by atoms with Crippen molar-refractivity contribution in [3.63, 3.8) is 0 Å². The molecular weight excluding hydrogens is 375 g/mol. The average molecular weight is 392 g/mol. The maximum atomic E-state index is 6.38. The zero-order valence-corrected chi connectivity index (χ0v) is 15.7. The first-order valence-electron chi connectivity index (χ1n) is 7.86. The third-order valence-electron chi connectivity index (χ3n) is 3.73. The van der Waals surface area contributed by atoms with Crippen LogP contribution in [0.25, 0.3) is 0 Å². The Bertz CT molecular complexity index is 865. The molecule has 0 heterocycles. The molecule has 0 aliphatic carbocycles. The monoisotopic (exact) mass is 390 g/mol. The maximum absolute atomic E-state index is 6.38. The van der Waals surface area contributed by atoms with Crippen LogP contribution in [-0.2, 0) is 13.1 Å². The minimum absolute atomic E-state index is 0.662. The second-order valence-electron chi connectivity index (χ2n) is 5.66. The highest BCUT2D eigenvalue weighted by Crippen LogP contribution is 2.26. The standard InChI is InChI=1S/C20H17Cl3N2/c21-16-5-1-3-14(9-16)12-24-18-7-8-20(19(23)11-18)25-13-15-4-2-6-17(22)10-15/h1-11,24-25H,12-13H2. The van der Waals surface area contributed by atoms with Crippen LogP contribution in [0.2, 0.25) is 15.1 Å². The second kappa shape index (κ2) is 8.48. The number of hydrogen-bond donors (Lipinski definition) is 2. The highest BCUT2D eigenvalue weighted by molar-refractivity contribution is 6.33. The van der Waals surface area contributed by atoms with Crippen LogP contribution in [0.5, 0.6) is 0 Å². The molecule has 5 heteroatoms. The summed E-state index contributed by atoms with van der Waals surface area (Å²) >= 11 is 18.4. The first kappa shape index (κ1) is 17.9. The molecule has 0 aliphatic rings. The lowest BCUT2D eigenvalue weighted by Gasteiger charge is -2.12. The van der Waals surface area contributed by atoms with Crippen molar-refractivity contribution >= 4 is 46.2 Å². The Morgan fingerprint density at radius 2 is 1.24 bits per heavy atom. The van der Waals surface area contributed by atoms with Crippen LogP contribution in [0, 0.1) is 0 Å². The molecule has 3 rings (SSSR count). The van der Waals surface area contributed by atoms with Crippen molar-refractivity contribution in [2.45, 2.75) is 13.1 Å². The minimum atomic E-state index is 0.662. The molecule has 0 aliphatic heterocycles. The second-order valence-corrected chi connectivity index (χ2v) is 6.94. The van der Waals surface area contributed by atoms with E-state index in [9.17, 15) is 0 Å². The molecule has 2 N–H and O–H groups in total. The van der Waals surface area contributed by atoms with E-state index in [0.717, 1.165) is 32.5 Å². The van der Waals surface area contributed by atoms with Gasteiger partial charge < -0.3 is 10.6 Å². The fraction of sp³-hybridized carbons (Fsp3) is 0.100. The third kappa shape index (κ3) is 5.30. The van der Waals surface area contributed by atoms with Crippen molar-refractivity contribution in [1.29, 1.82) is 0 Å². The van der Waals surface area contributed by atoms with E-state index in [1.54, 1.807) is 0 Å². The fourth-order valence-electron chi connectivity index (χ4n) is 2.46. The van der Waals surface area contributed by atoms with Crippen LogP contribution in [0.3, 0.4) is 0 Å². The zero-order chi connectivity index (χ0) is 17.6. The highest BCUT2D eigenvalue weighted by atomic mass is 35.5. The molecule has 2 nitrogen and oxygen atoms in total. The molecular formula is C20H17Cl3N2. The van der Waals surface area contributed by atoms with Crippen molar-refractivity contribution in [1.82, 2.24) is 0 Å². The maximum Gasteiger partial charge on any atom is 0.0658 e. The average Bonchev–Trinajstić information content (AvgIpc) is 2.59. The van der Waals surface area contributed by atoms with E-state index in [4.69, 9.17) is 34.8 Å². The van der Waals surface area contributed by atoms with E-state index < -0.39 is 0 Å². The zero-order valence-electron chi connectivity index (χ0n) is 13.4. The summed E-state index contributed by atoms with van der Waals surface area (Å²) in [7, 11) is 0. The van der Waals surface area contributed by atoms with Gasteiger partial charge in [-0.05, 0) is 53.6 Å². The fourth-order valence-corrected chi connectivity index (χ4v) is 3.14. The molecule has 3 aromatic carbocycles. The number of benzene rings is 3. The van der Waals surface area contributed by atoms with E-state index in [1.807, 2.05) is 66.7 Å². The van der Waals surface area contributed by atoms with E-state index >= 15 is 0 Å². The van der Waals surface area contributed by atoms with Gasteiger partial charge >= 0.3 is 0 Å². The Hall–Kier alpha value is -1.87. The van der Waals surface area contributed by atoms with Crippen LogP contribution in [-0.4, -0.2) is 0 Å². The molecule has 0 radical (unpaired) electrons. The van der Waals surface area contributed by atoms with Crippen LogP contribution >= 0.6 is 34.8 Å². The molecule has 0 aromatic heterocycles. The molecule has 25 heavy (non-hydrogen) atoms. The first-order valence-corrected chi connectivity index (χ1v) is 9.00. The summed E-state index contributed by atoms with van der Waals surface area (Å²) in [5.74, 6) is 0. The largest absolute Gasteiger partial charge is 0.381 e. The Kier molecular flexibility index (Phi) is 6.09. The van der Waals surface area contributed by atoms with Gasteiger partial charge in [0.05, 0.1) is 10.7 Å². The van der Waals surface area contributed by atoms with Crippen molar-refractivity contribution in [3.05, 3.63) is 92.9 Å². The summed E-state index contributed by atoms with van der Waals surface area (Å²) in [4.78, 5) is 0. The Labute approximate surface area is 162 Å². The molecule has 0 fully saturated rings. The van der Waals surface area contributed by atoms with Crippen molar-refractivity contribution in [2.75, 3.05) is 10.6 Å². The van der Waals surface area contributed by atoms with Crippen molar-refractivity contribution in [3.8, 4) is 0 Å². The summed E-state index contributed by atoms with van der Waals surface area (Å²) in [6.07, 6.45) is 0. The number of rotatable bonds is 6. The quantitative estimate of drug-likeness (QED) is 0.479. The molecule has 3 aromatic rings. The van der Waals surface area contributed by atoms with Gasteiger partial charge in [0.2, 0.25) is 0 Å². The lowest BCUT2D eigenvalue weighted by molar-refractivity contribution is 1.14. The summed E-state index contributed by atoms with van der Waals surface area (Å²) in [6.45, 7) is 1.35. The normalized spacial score (nSPS) is 10.5. The SMILES string of the molecule is Clc1cccc(CNc2ccc(NCc3cccc(Cl)c3)c(Cl)c2)c1. The van der Waals surface area contributed by atoms with Crippen molar-refractivity contribution < 1.29 is 0 Å². The molecule has 0 unspecified atom stereocenters. The van der Waals surface area contributed by atoms with Gasteiger partial charge in [-0.2, -0.15) is 0 Å². The summed E-state index contributed by atoms with van der Waals surface area (Å²) in [5, 5.41) is 8.81. The molecule has 0 saturated carbocycles. The van der Waals surface area contributed by atoms with E-state index in [-0.39, 0.29) is 0 Å². The smallest absolute Gasteiger partial charge is 0.0658 e. The Morgan fingerprint density at radius 3 is 1.80 bits per heavy atom. The summed E-state index contributed by atoms with van der Waals surface area (Å²) in [6, 6.07) is 21.4. The number of hydrogen-bond acceptors (Lipinski definition) is 2. The van der Waals surface area contributed by atoms with Gasteiger partial charge in [-0.15, -0.1) is 0 Å². The number of anilines is 2. The number of halogens is 3. The van der Waals surface area contributed by atoms with Gasteiger partial charge in [-0.25, -0.2) is 0 Å². The topological polar surface area (TPSA) is 24.1 Å². The highest BCUT2D eigenvalue weighted by Gasteiger charge is 2.03. The summed E-state index contributed by atoms with van der Waals surface area (Å²) in [5.41, 5.74) is 4.06. The predicted molar refractivity (Wildman–Crippen MR) is 109 cm³/mol.